The van der Waals surface area contributed by atoms with Crippen LogP contribution in [0.25, 0.3) is 49.7 Å². The van der Waals surface area contributed by atoms with Crippen LogP contribution in [0.1, 0.15) is 30.5 Å². The van der Waals surface area contributed by atoms with E-state index >= 15 is 0 Å². The molecule has 0 saturated carbocycles. The number of fused-ring (bicyclic) bond motifs is 12. The van der Waals surface area contributed by atoms with Gasteiger partial charge in [0.2, 0.25) is 0 Å². The zero-order valence-corrected chi connectivity index (χ0v) is 24.1. The van der Waals surface area contributed by atoms with Crippen LogP contribution >= 0.6 is 0 Å². The summed E-state index contributed by atoms with van der Waals surface area (Å²) < 4.78 is 18.5. The molecule has 0 N–H and O–H groups in total. The number of hydrogen-bond acceptors (Lipinski definition) is 3. The van der Waals surface area contributed by atoms with Gasteiger partial charge in [0.1, 0.15) is 22.5 Å². The highest BCUT2D eigenvalue weighted by atomic mass is 16.5. The summed E-state index contributed by atoms with van der Waals surface area (Å²) in [5, 5.41) is 6.59. The SMILES string of the molecule is CCn1c2ccccc2c2c3c(ccc21)C=c1c(C)c2c(c(C)c1O3)=Nc1ccc3c(c1O2)c1ccccc1n3CC. The van der Waals surface area contributed by atoms with Crippen molar-refractivity contribution in [3.8, 4) is 23.0 Å². The van der Waals surface area contributed by atoms with E-state index in [1.165, 1.54) is 32.8 Å². The zero-order chi connectivity index (χ0) is 28.3. The first-order chi connectivity index (χ1) is 20.6. The molecule has 204 valence electrons. The lowest BCUT2D eigenvalue weighted by Crippen LogP contribution is -2.26. The summed E-state index contributed by atoms with van der Waals surface area (Å²) >= 11 is 0. The van der Waals surface area contributed by atoms with Gasteiger partial charge in [-0.1, -0.05) is 36.4 Å². The van der Waals surface area contributed by atoms with Gasteiger partial charge in [-0.05, 0) is 70.2 Å². The molecule has 0 aliphatic carbocycles. The quantitative estimate of drug-likeness (QED) is 0.218. The van der Waals surface area contributed by atoms with Crippen LogP contribution < -0.4 is 20.0 Å². The highest BCUT2D eigenvalue weighted by Gasteiger charge is 2.28. The molecule has 0 unspecified atom stereocenters. The number of rotatable bonds is 2. The molecule has 5 aromatic carbocycles. The molecule has 7 aromatic rings. The fourth-order valence-corrected chi connectivity index (χ4v) is 7.31. The molecule has 4 heterocycles. The van der Waals surface area contributed by atoms with Crippen LogP contribution in [-0.4, -0.2) is 9.13 Å². The van der Waals surface area contributed by atoms with Crippen molar-refractivity contribution in [3.63, 3.8) is 0 Å². The Bertz CT molecular complexity index is 2290. The van der Waals surface area contributed by atoms with Crippen molar-refractivity contribution in [2.24, 2.45) is 4.99 Å². The molecule has 0 saturated heterocycles. The van der Waals surface area contributed by atoms with Gasteiger partial charge >= 0.3 is 0 Å². The standard InChI is InChI=1S/C37H29N3O2/c1-5-39-27-13-9-7-11-23(27)31-29(39)17-15-22-19-25-20(3)35-33(21(4)34(25)41-36(22)31)38-26-16-18-30-32(37(26)42-35)24-12-8-10-14-28(24)40(30)6-2/h7-19H,5-6H2,1-4H3. The molecule has 0 spiro atoms. The summed E-state index contributed by atoms with van der Waals surface area (Å²) in [6.45, 7) is 10.4. The number of aryl methyl sites for hydroxylation is 2. The van der Waals surface area contributed by atoms with E-state index in [2.05, 4.69) is 116 Å². The summed E-state index contributed by atoms with van der Waals surface area (Å²) in [6, 6.07) is 25.8. The predicted octanol–water partition coefficient (Wildman–Crippen LogP) is 8.55. The molecule has 0 amide bonds. The lowest BCUT2D eigenvalue weighted by atomic mass is 9.98. The van der Waals surface area contributed by atoms with Crippen molar-refractivity contribution in [2.75, 3.05) is 0 Å². The Labute approximate surface area is 242 Å². The summed E-state index contributed by atoms with van der Waals surface area (Å²) in [6.07, 6.45) is 2.26. The number of aromatic nitrogens is 2. The van der Waals surface area contributed by atoms with Crippen LogP contribution in [0.5, 0.6) is 23.0 Å². The van der Waals surface area contributed by atoms with Crippen molar-refractivity contribution in [1.29, 1.82) is 0 Å². The fraction of sp³-hybridized carbons (Fsp3) is 0.162. The van der Waals surface area contributed by atoms with Crippen molar-refractivity contribution in [2.45, 2.75) is 40.8 Å². The average Bonchev–Trinajstić information content (AvgIpc) is 3.54. The van der Waals surface area contributed by atoms with Gasteiger partial charge in [-0.25, -0.2) is 4.99 Å². The number of hydrogen-bond donors (Lipinski definition) is 0. The maximum absolute atomic E-state index is 6.90. The predicted molar refractivity (Wildman–Crippen MR) is 170 cm³/mol. The molecule has 5 heteroatoms. The third kappa shape index (κ3) is 2.85. The van der Waals surface area contributed by atoms with Crippen molar-refractivity contribution in [1.82, 2.24) is 9.13 Å². The van der Waals surface area contributed by atoms with Crippen LogP contribution in [0, 0.1) is 13.8 Å². The molecule has 2 aliphatic heterocycles. The second-order valence-electron chi connectivity index (χ2n) is 11.3. The molecule has 9 rings (SSSR count). The van der Waals surface area contributed by atoms with Gasteiger partial charge < -0.3 is 18.6 Å². The van der Waals surface area contributed by atoms with Crippen LogP contribution in [0.15, 0.2) is 77.8 Å². The van der Waals surface area contributed by atoms with Gasteiger partial charge in [0.15, 0.2) is 11.5 Å². The minimum Gasteiger partial charge on any atom is -0.455 e. The number of benzene rings is 5. The second kappa shape index (κ2) is 8.26. The Kier molecular flexibility index (Phi) is 4.65. The first-order valence-electron chi connectivity index (χ1n) is 14.8. The van der Waals surface area contributed by atoms with E-state index in [4.69, 9.17) is 14.5 Å². The van der Waals surface area contributed by atoms with E-state index in [0.29, 0.717) is 0 Å². The first-order valence-corrected chi connectivity index (χ1v) is 14.8. The monoisotopic (exact) mass is 547 g/mol. The maximum atomic E-state index is 6.90. The molecule has 2 aliphatic rings. The normalized spacial score (nSPS) is 13.2. The summed E-state index contributed by atoms with van der Waals surface area (Å²) in [5.41, 5.74) is 8.77. The molecular weight excluding hydrogens is 518 g/mol. The Hall–Kier alpha value is -5.03. The topological polar surface area (TPSA) is 40.7 Å². The number of para-hydroxylation sites is 2. The van der Waals surface area contributed by atoms with Crippen LogP contribution in [0.4, 0.5) is 5.69 Å². The van der Waals surface area contributed by atoms with Crippen LogP contribution in [0.3, 0.4) is 0 Å². The lowest BCUT2D eigenvalue weighted by molar-refractivity contribution is 0.451. The van der Waals surface area contributed by atoms with Gasteiger partial charge in [-0.2, -0.15) is 0 Å². The highest BCUT2D eigenvalue weighted by molar-refractivity contribution is 6.14. The Balaban J connectivity index is 1.31. The molecule has 0 radical (unpaired) electrons. The number of ether oxygens (including phenoxy) is 2. The fourth-order valence-electron chi connectivity index (χ4n) is 7.31. The minimum absolute atomic E-state index is 0.812. The smallest absolute Gasteiger partial charge is 0.163 e. The van der Waals surface area contributed by atoms with Gasteiger partial charge in [-0.3, -0.25) is 0 Å². The Morgan fingerprint density at radius 1 is 0.595 bits per heavy atom. The van der Waals surface area contributed by atoms with E-state index in [1.54, 1.807) is 0 Å². The summed E-state index contributed by atoms with van der Waals surface area (Å²) in [7, 11) is 0. The van der Waals surface area contributed by atoms with E-state index in [1.807, 2.05) is 0 Å². The van der Waals surface area contributed by atoms with E-state index < -0.39 is 0 Å². The molecule has 0 atom stereocenters. The zero-order valence-electron chi connectivity index (χ0n) is 24.1. The largest absolute Gasteiger partial charge is 0.455 e. The molecular formula is C37H29N3O2. The van der Waals surface area contributed by atoms with E-state index in [9.17, 15) is 0 Å². The first kappa shape index (κ1) is 23.7. The van der Waals surface area contributed by atoms with Gasteiger partial charge in [-0.15, -0.1) is 0 Å². The molecule has 0 bridgehead atoms. The molecule has 0 fully saturated rings. The van der Waals surface area contributed by atoms with Gasteiger partial charge in [0.05, 0.1) is 21.8 Å². The Morgan fingerprint density at radius 3 is 1.86 bits per heavy atom. The van der Waals surface area contributed by atoms with Gasteiger partial charge in [0, 0.05) is 56.8 Å². The average molecular weight is 548 g/mol. The van der Waals surface area contributed by atoms with E-state index in [-0.39, 0.29) is 0 Å². The van der Waals surface area contributed by atoms with Crippen LogP contribution in [0.2, 0.25) is 0 Å². The lowest BCUT2D eigenvalue weighted by Gasteiger charge is -2.24. The molecule has 42 heavy (non-hydrogen) atoms. The van der Waals surface area contributed by atoms with E-state index in [0.717, 1.165) is 79.8 Å². The molecule has 5 nitrogen and oxygen atoms in total. The van der Waals surface area contributed by atoms with Crippen LogP contribution in [-0.2, 0) is 13.1 Å². The Morgan fingerprint density at radius 2 is 1.19 bits per heavy atom. The maximum Gasteiger partial charge on any atom is 0.163 e. The van der Waals surface area contributed by atoms with Gasteiger partial charge in [0.25, 0.3) is 0 Å². The number of nitrogens with zero attached hydrogens (tertiary/aromatic N) is 3. The van der Waals surface area contributed by atoms with Crippen molar-refractivity contribution >= 4 is 55.4 Å². The van der Waals surface area contributed by atoms with Crippen molar-refractivity contribution < 1.29 is 9.47 Å². The second-order valence-corrected chi connectivity index (χ2v) is 11.3. The van der Waals surface area contributed by atoms with Crippen molar-refractivity contribution in [3.05, 3.63) is 100 Å². The highest BCUT2D eigenvalue weighted by Crippen LogP contribution is 2.47. The molecule has 2 aromatic heterocycles. The third-order valence-corrected chi connectivity index (χ3v) is 9.26. The summed E-state index contributed by atoms with van der Waals surface area (Å²) in [5.74, 6) is 3.42. The third-order valence-electron chi connectivity index (χ3n) is 9.26. The summed E-state index contributed by atoms with van der Waals surface area (Å²) in [4.78, 5) is 5.22. The minimum atomic E-state index is 0.812.